The van der Waals surface area contributed by atoms with Crippen LogP contribution in [0.25, 0.3) is 0 Å². The average Bonchev–Trinajstić information content (AvgIpc) is 2.86. The molecule has 0 aliphatic carbocycles. The van der Waals surface area contributed by atoms with Gasteiger partial charge in [-0.25, -0.2) is 0 Å². The van der Waals surface area contributed by atoms with E-state index in [2.05, 4.69) is 42.5 Å². The molecular weight excluding hydrogens is 659 g/mol. The highest BCUT2D eigenvalue weighted by molar-refractivity contribution is 9.10. The molecule has 0 fully saturated rings. The molecule has 1 heterocycles. The number of amides is 2. The SMILES string of the molecule is COC(=O)[C@H]1C(=O)NC(SCC(=O)Nc2ccc(Br)cc2C(F)(F)F)=C(C#N)[C@@H]1c1ccc(OC)c(Br)c1. The Morgan fingerprint density at radius 2 is 1.89 bits per heavy atom. The first-order valence-corrected chi connectivity index (χ1v) is 13.1. The maximum absolute atomic E-state index is 13.4. The Morgan fingerprint density at radius 3 is 2.47 bits per heavy atom. The van der Waals surface area contributed by atoms with E-state index in [4.69, 9.17) is 9.47 Å². The van der Waals surface area contributed by atoms with Crippen molar-refractivity contribution in [3.8, 4) is 11.8 Å². The van der Waals surface area contributed by atoms with Crippen molar-refractivity contribution in [2.75, 3.05) is 25.3 Å². The normalized spacial score (nSPS) is 17.4. The number of esters is 1. The van der Waals surface area contributed by atoms with Crippen LogP contribution in [0.5, 0.6) is 5.75 Å². The molecule has 0 bridgehead atoms. The second-order valence-corrected chi connectivity index (χ2v) is 10.5. The van der Waals surface area contributed by atoms with Crippen LogP contribution in [0.1, 0.15) is 17.0 Å². The summed E-state index contributed by atoms with van der Waals surface area (Å²) in [6, 6.07) is 10.1. The van der Waals surface area contributed by atoms with E-state index in [1.165, 1.54) is 13.2 Å². The van der Waals surface area contributed by atoms with Crippen LogP contribution in [0.4, 0.5) is 18.9 Å². The van der Waals surface area contributed by atoms with Crippen LogP contribution in [-0.2, 0) is 25.3 Å². The molecule has 1 aliphatic rings. The first-order chi connectivity index (χ1) is 17.9. The average molecular weight is 677 g/mol. The van der Waals surface area contributed by atoms with Crippen molar-refractivity contribution >= 4 is 67.1 Å². The molecule has 2 atom stereocenters. The monoisotopic (exact) mass is 675 g/mol. The van der Waals surface area contributed by atoms with Crippen LogP contribution in [0, 0.1) is 17.2 Å². The van der Waals surface area contributed by atoms with E-state index in [1.807, 2.05) is 6.07 Å². The van der Waals surface area contributed by atoms with Crippen LogP contribution in [0.3, 0.4) is 0 Å². The number of methoxy groups -OCH3 is 2. The molecule has 0 radical (unpaired) electrons. The molecule has 3 rings (SSSR count). The summed E-state index contributed by atoms with van der Waals surface area (Å²) in [7, 11) is 2.57. The number of allylic oxidation sites excluding steroid dienone is 1. The van der Waals surface area contributed by atoms with E-state index in [1.54, 1.807) is 18.2 Å². The zero-order valence-corrected chi connectivity index (χ0v) is 23.6. The van der Waals surface area contributed by atoms with Gasteiger partial charge in [0, 0.05) is 10.4 Å². The molecule has 2 N–H and O–H groups in total. The lowest BCUT2D eigenvalue weighted by atomic mass is 9.78. The summed E-state index contributed by atoms with van der Waals surface area (Å²) >= 11 is 7.07. The number of alkyl halides is 3. The molecule has 1 aliphatic heterocycles. The number of hydrogen-bond donors (Lipinski definition) is 2. The molecule has 38 heavy (non-hydrogen) atoms. The number of anilines is 1. The van der Waals surface area contributed by atoms with Crippen molar-refractivity contribution in [3.63, 3.8) is 0 Å². The lowest BCUT2D eigenvalue weighted by Gasteiger charge is -2.31. The molecule has 2 amide bonds. The lowest BCUT2D eigenvalue weighted by molar-refractivity contribution is -0.150. The van der Waals surface area contributed by atoms with Crippen LogP contribution in [-0.4, -0.2) is 37.8 Å². The maximum Gasteiger partial charge on any atom is 0.418 e. The molecule has 2 aromatic carbocycles. The van der Waals surface area contributed by atoms with Crippen molar-refractivity contribution in [3.05, 3.63) is 67.1 Å². The minimum atomic E-state index is -4.71. The molecule has 8 nitrogen and oxygen atoms in total. The predicted molar refractivity (Wildman–Crippen MR) is 140 cm³/mol. The summed E-state index contributed by atoms with van der Waals surface area (Å²) < 4.78 is 50.9. The van der Waals surface area contributed by atoms with Crippen molar-refractivity contribution in [1.29, 1.82) is 5.26 Å². The number of thioether (sulfide) groups is 1. The Bertz CT molecular complexity index is 1360. The summed E-state index contributed by atoms with van der Waals surface area (Å²) in [5.74, 6) is -4.85. The highest BCUT2D eigenvalue weighted by Gasteiger charge is 2.44. The Hall–Kier alpha value is -3.02. The number of ether oxygens (including phenoxy) is 2. The number of rotatable bonds is 7. The van der Waals surface area contributed by atoms with Crippen LogP contribution in [0.15, 0.2) is 55.9 Å². The number of benzene rings is 2. The largest absolute Gasteiger partial charge is 0.496 e. The van der Waals surface area contributed by atoms with Gasteiger partial charge >= 0.3 is 12.1 Å². The third-order valence-corrected chi connectivity index (χ3v) is 7.56. The molecule has 0 spiro atoms. The zero-order chi connectivity index (χ0) is 28.2. The second-order valence-electron chi connectivity index (χ2n) is 7.74. The van der Waals surface area contributed by atoms with Gasteiger partial charge in [-0.15, -0.1) is 0 Å². The second kappa shape index (κ2) is 12.2. The number of nitrogens with zero attached hydrogens (tertiary/aromatic N) is 1. The summed E-state index contributed by atoms with van der Waals surface area (Å²) in [5, 5.41) is 14.7. The standard InChI is InChI=1S/C24H18Br2F3N3O5S/c1-36-17-6-3-11(7-15(17)26)19-13(9-30)22(32-21(34)20(19)23(35)37-2)38-10-18(33)31-16-5-4-12(25)8-14(16)24(27,28)29/h3-8,19-20H,10H2,1-2H3,(H,31,33)(H,32,34)/t19-,20+/m0/s1. The third kappa shape index (κ3) is 6.51. The van der Waals surface area contributed by atoms with Gasteiger partial charge in [-0.2, -0.15) is 18.4 Å². The van der Waals surface area contributed by atoms with Crippen LogP contribution in [0.2, 0.25) is 0 Å². The number of carbonyl (C=O) groups is 3. The fourth-order valence-electron chi connectivity index (χ4n) is 3.74. The van der Waals surface area contributed by atoms with Gasteiger partial charge in [0.05, 0.1) is 52.4 Å². The van der Waals surface area contributed by atoms with E-state index >= 15 is 0 Å². The molecular formula is C24H18Br2F3N3O5S. The van der Waals surface area contributed by atoms with Crippen molar-refractivity contribution in [2.24, 2.45) is 5.92 Å². The maximum atomic E-state index is 13.4. The summed E-state index contributed by atoms with van der Waals surface area (Å²) in [6.45, 7) is 0. The van der Waals surface area contributed by atoms with E-state index in [0.717, 1.165) is 31.0 Å². The summed E-state index contributed by atoms with van der Waals surface area (Å²) in [5.41, 5.74) is -1.08. The molecule has 200 valence electrons. The fraction of sp³-hybridized carbons (Fsp3) is 0.250. The van der Waals surface area contributed by atoms with Gasteiger partial charge in [-0.05, 0) is 51.8 Å². The van der Waals surface area contributed by atoms with E-state index in [-0.39, 0.29) is 15.1 Å². The summed E-state index contributed by atoms with van der Waals surface area (Å²) in [4.78, 5) is 38.0. The molecule has 0 aromatic heterocycles. The van der Waals surface area contributed by atoms with Gasteiger partial charge in [-0.1, -0.05) is 33.8 Å². The van der Waals surface area contributed by atoms with Gasteiger partial charge in [-0.3, -0.25) is 14.4 Å². The van der Waals surface area contributed by atoms with Crippen molar-refractivity contribution in [1.82, 2.24) is 5.32 Å². The number of nitrogens with one attached hydrogen (secondary N) is 2. The lowest BCUT2D eigenvalue weighted by Crippen LogP contribution is -2.44. The van der Waals surface area contributed by atoms with Crippen molar-refractivity contribution in [2.45, 2.75) is 12.1 Å². The Kier molecular flexibility index (Phi) is 9.50. The minimum Gasteiger partial charge on any atom is -0.496 e. The Labute approximate surface area is 236 Å². The van der Waals surface area contributed by atoms with Crippen molar-refractivity contribution < 1.29 is 37.0 Å². The molecule has 0 saturated carbocycles. The Morgan fingerprint density at radius 1 is 1.18 bits per heavy atom. The third-order valence-electron chi connectivity index (χ3n) is 5.43. The topological polar surface area (TPSA) is 118 Å². The Balaban J connectivity index is 1.93. The van der Waals surface area contributed by atoms with E-state index in [9.17, 15) is 32.8 Å². The molecule has 0 unspecified atom stereocenters. The number of nitriles is 1. The van der Waals surface area contributed by atoms with Gasteiger partial charge in [0.2, 0.25) is 11.8 Å². The minimum absolute atomic E-state index is 0.00315. The molecule has 14 heteroatoms. The first kappa shape index (κ1) is 29.5. The molecule has 0 saturated heterocycles. The number of hydrogen-bond acceptors (Lipinski definition) is 7. The van der Waals surface area contributed by atoms with Crippen LogP contribution < -0.4 is 15.4 Å². The zero-order valence-electron chi connectivity index (χ0n) is 19.6. The fourth-order valence-corrected chi connectivity index (χ4v) is 5.51. The van der Waals surface area contributed by atoms with Gasteiger partial charge in [0.25, 0.3) is 0 Å². The van der Waals surface area contributed by atoms with E-state index < -0.39 is 52.8 Å². The van der Waals surface area contributed by atoms with Gasteiger partial charge in [0.15, 0.2) is 0 Å². The number of carbonyl (C=O) groups excluding carboxylic acids is 3. The van der Waals surface area contributed by atoms with Gasteiger partial charge < -0.3 is 20.1 Å². The molecule has 2 aromatic rings. The smallest absolute Gasteiger partial charge is 0.418 e. The summed E-state index contributed by atoms with van der Waals surface area (Å²) in [6.07, 6.45) is -4.71. The highest BCUT2D eigenvalue weighted by Crippen LogP contribution is 2.42. The predicted octanol–water partition coefficient (Wildman–Crippen LogP) is 5.35. The van der Waals surface area contributed by atoms with E-state index in [0.29, 0.717) is 15.8 Å². The quantitative estimate of drug-likeness (QED) is 0.300. The van der Waals surface area contributed by atoms with Gasteiger partial charge in [0.1, 0.15) is 11.7 Å². The highest BCUT2D eigenvalue weighted by atomic mass is 79.9. The van der Waals surface area contributed by atoms with Crippen LogP contribution >= 0.6 is 43.6 Å². The first-order valence-electron chi connectivity index (χ1n) is 10.6. The number of halogens is 5.